The molecule has 1 unspecified atom stereocenters. The third kappa shape index (κ3) is 5.51. The van der Waals surface area contributed by atoms with Gasteiger partial charge in [0, 0.05) is 6.54 Å². The number of unbranched alkanes of at least 4 members (excludes halogenated alkanes) is 6. The molecule has 116 valence electrons. The van der Waals surface area contributed by atoms with E-state index in [1.807, 2.05) is 13.8 Å². The smallest absolute Gasteiger partial charge is 0.245 e. The van der Waals surface area contributed by atoms with Crippen LogP contribution in [0.25, 0.3) is 0 Å². The Kier molecular flexibility index (Phi) is 7.63. The number of rotatable bonds is 9. The first-order valence-corrected chi connectivity index (χ1v) is 8.14. The van der Waals surface area contributed by atoms with Gasteiger partial charge in [-0.25, -0.2) is 0 Å². The van der Waals surface area contributed by atoms with E-state index in [1.54, 1.807) is 4.90 Å². The maximum absolute atomic E-state index is 12.2. The largest absolute Gasteiger partial charge is 0.343 e. The molecule has 1 atom stereocenters. The first kappa shape index (κ1) is 17.0. The Hall–Kier alpha value is -1.06. The zero-order valence-corrected chi connectivity index (χ0v) is 13.3. The second-order valence-electron chi connectivity index (χ2n) is 6.17. The molecule has 0 aliphatic carbocycles. The molecule has 4 heteroatoms. The Balaban J connectivity index is 2.24. The van der Waals surface area contributed by atoms with Crippen LogP contribution in [0.2, 0.25) is 0 Å². The molecule has 4 nitrogen and oxygen atoms in total. The summed E-state index contributed by atoms with van der Waals surface area (Å²) in [4.78, 5) is 25.6. The van der Waals surface area contributed by atoms with Crippen LogP contribution in [0.4, 0.5) is 0 Å². The zero-order chi connectivity index (χ0) is 15.0. The predicted molar refractivity (Wildman–Crippen MR) is 81.3 cm³/mol. The summed E-state index contributed by atoms with van der Waals surface area (Å²) in [7, 11) is 0. The first-order valence-electron chi connectivity index (χ1n) is 8.14. The number of amides is 2. The van der Waals surface area contributed by atoms with Gasteiger partial charge in [-0.1, -0.05) is 59.3 Å². The molecule has 0 bridgehead atoms. The third-order valence-corrected chi connectivity index (χ3v) is 3.93. The highest BCUT2D eigenvalue weighted by Gasteiger charge is 2.33. The Morgan fingerprint density at radius 1 is 1.10 bits per heavy atom. The number of hydrogen-bond donors (Lipinski definition) is 1. The van der Waals surface area contributed by atoms with E-state index < -0.39 is 0 Å². The quantitative estimate of drug-likeness (QED) is 0.661. The fourth-order valence-electron chi connectivity index (χ4n) is 2.63. The van der Waals surface area contributed by atoms with E-state index in [-0.39, 0.29) is 30.3 Å². The van der Waals surface area contributed by atoms with E-state index in [1.165, 1.54) is 32.1 Å². The van der Waals surface area contributed by atoms with Gasteiger partial charge in [0.25, 0.3) is 0 Å². The topological polar surface area (TPSA) is 49.4 Å². The van der Waals surface area contributed by atoms with Gasteiger partial charge in [-0.15, -0.1) is 0 Å². The maximum atomic E-state index is 12.2. The van der Waals surface area contributed by atoms with Crippen LogP contribution in [-0.2, 0) is 9.59 Å². The van der Waals surface area contributed by atoms with Gasteiger partial charge in [-0.3, -0.25) is 9.59 Å². The number of nitrogens with zero attached hydrogens (tertiary/aromatic N) is 1. The van der Waals surface area contributed by atoms with Gasteiger partial charge < -0.3 is 10.2 Å². The number of piperazine rings is 1. The summed E-state index contributed by atoms with van der Waals surface area (Å²) in [6.07, 6.45) is 8.60. The molecule has 1 aliphatic rings. The third-order valence-electron chi connectivity index (χ3n) is 3.93. The number of carbonyl (C=O) groups is 2. The van der Waals surface area contributed by atoms with E-state index in [4.69, 9.17) is 0 Å². The van der Waals surface area contributed by atoms with Crippen molar-refractivity contribution in [2.24, 2.45) is 5.92 Å². The molecule has 1 saturated heterocycles. The molecule has 0 aromatic heterocycles. The van der Waals surface area contributed by atoms with E-state index in [0.717, 1.165) is 19.4 Å². The highest BCUT2D eigenvalue weighted by atomic mass is 16.2. The van der Waals surface area contributed by atoms with Crippen molar-refractivity contribution in [1.82, 2.24) is 10.2 Å². The van der Waals surface area contributed by atoms with Crippen LogP contribution in [-0.4, -0.2) is 35.8 Å². The lowest BCUT2D eigenvalue weighted by atomic mass is 10.0. The van der Waals surface area contributed by atoms with Crippen molar-refractivity contribution < 1.29 is 9.59 Å². The zero-order valence-electron chi connectivity index (χ0n) is 13.3. The lowest BCUT2D eigenvalue weighted by molar-refractivity contribution is -0.145. The number of hydrogen-bond acceptors (Lipinski definition) is 2. The number of nitrogens with one attached hydrogen (secondary N) is 1. The van der Waals surface area contributed by atoms with Gasteiger partial charge in [0.2, 0.25) is 11.8 Å². The molecule has 0 aromatic rings. The highest BCUT2D eigenvalue weighted by Crippen LogP contribution is 2.13. The van der Waals surface area contributed by atoms with Crippen LogP contribution in [0, 0.1) is 5.92 Å². The molecule has 0 radical (unpaired) electrons. The summed E-state index contributed by atoms with van der Waals surface area (Å²) < 4.78 is 0. The van der Waals surface area contributed by atoms with Crippen molar-refractivity contribution in [3.8, 4) is 0 Å². The van der Waals surface area contributed by atoms with Gasteiger partial charge in [0.1, 0.15) is 6.04 Å². The molecule has 2 amide bonds. The van der Waals surface area contributed by atoms with Crippen LogP contribution in [0.3, 0.4) is 0 Å². The van der Waals surface area contributed by atoms with Crippen LogP contribution in [0.15, 0.2) is 0 Å². The Labute approximate surface area is 123 Å². The van der Waals surface area contributed by atoms with E-state index in [9.17, 15) is 9.59 Å². The fourth-order valence-corrected chi connectivity index (χ4v) is 2.63. The predicted octanol–water partition coefficient (Wildman–Crippen LogP) is 2.72. The van der Waals surface area contributed by atoms with Gasteiger partial charge in [-0.05, 0) is 12.3 Å². The van der Waals surface area contributed by atoms with Crippen molar-refractivity contribution in [2.45, 2.75) is 71.8 Å². The number of carbonyl (C=O) groups excluding carboxylic acids is 2. The molecule has 0 aromatic carbocycles. The van der Waals surface area contributed by atoms with Crippen LogP contribution >= 0.6 is 0 Å². The minimum Gasteiger partial charge on any atom is -0.343 e. The molecule has 1 fully saturated rings. The van der Waals surface area contributed by atoms with Gasteiger partial charge in [0.05, 0.1) is 6.54 Å². The average molecular weight is 282 g/mol. The maximum Gasteiger partial charge on any atom is 0.245 e. The minimum atomic E-state index is -0.333. The van der Waals surface area contributed by atoms with Crippen molar-refractivity contribution >= 4 is 11.8 Å². The molecule has 1 rings (SSSR count). The van der Waals surface area contributed by atoms with Gasteiger partial charge in [0.15, 0.2) is 0 Å². The Morgan fingerprint density at radius 2 is 1.70 bits per heavy atom. The van der Waals surface area contributed by atoms with Crippen LogP contribution in [0.5, 0.6) is 0 Å². The molecule has 0 saturated carbocycles. The van der Waals surface area contributed by atoms with Crippen molar-refractivity contribution in [2.75, 3.05) is 13.1 Å². The van der Waals surface area contributed by atoms with Gasteiger partial charge in [-0.2, -0.15) is 0 Å². The molecule has 1 N–H and O–H groups in total. The van der Waals surface area contributed by atoms with E-state index in [0.29, 0.717) is 0 Å². The minimum absolute atomic E-state index is 0.0220. The van der Waals surface area contributed by atoms with E-state index >= 15 is 0 Å². The monoisotopic (exact) mass is 282 g/mol. The molecule has 1 heterocycles. The van der Waals surface area contributed by atoms with Gasteiger partial charge >= 0.3 is 0 Å². The van der Waals surface area contributed by atoms with Crippen LogP contribution < -0.4 is 5.32 Å². The lowest BCUT2D eigenvalue weighted by Crippen LogP contribution is -2.59. The molecule has 1 aliphatic heterocycles. The summed E-state index contributed by atoms with van der Waals surface area (Å²) in [5.74, 6) is 0.222. The molecule has 20 heavy (non-hydrogen) atoms. The first-order chi connectivity index (χ1) is 9.56. The van der Waals surface area contributed by atoms with E-state index in [2.05, 4.69) is 12.2 Å². The highest BCUT2D eigenvalue weighted by molar-refractivity contribution is 5.94. The SMILES string of the molecule is CCCCCCCCCN1CC(=O)NC(C(C)C)C1=O. The summed E-state index contributed by atoms with van der Waals surface area (Å²) in [6.45, 7) is 7.12. The lowest BCUT2D eigenvalue weighted by Gasteiger charge is -2.34. The van der Waals surface area contributed by atoms with Crippen molar-refractivity contribution in [3.05, 3.63) is 0 Å². The second-order valence-corrected chi connectivity index (χ2v) is 6.17. The normalized spacial score (nSPS) is 19.6. The Bertz CT molecular complexity index is 316. The average Bonchev–Trinajstić information content (AvgIpc) is 2.40. The fraction of sp³-hybridized carbons (Fsp3) is 0.875. The summed E-state index contributed by atoms with van der Waals surface area (Å²) in [6, 6.07) is -0.333. The standard InChI is InChI=1S/C16H30N2O2/c1-4-5-6-7-8-9-10-11-18-12-14(19)17-15(13(2)3)16(18)20/h13,15H,4-12H2,1-3H3,(H,17,19). The molecular formula is C16H30N2O2. The summed E-state index contributed by atoms with van der Waals surface area (Å²) >= 11 is 0. The second kappa shape index (κ2) is 8.98. The molecular weight excluding hydrogens is 252 g/mol. The van der Waals surface area contributed by atoms with Crippen LogP contribution in [0.1, 0.15) is 65.7 Å². The van der Waals surface area contributed by atoms with Crippen molar-refractivity contribution in [3.63, 3.8) is 0 Å². The summed E-state index contributed by atoms with van der Waals surface area (Å²) in [5.41, 5.74) is 0. The summed E-state index contributed by atoms with van der Waals surface area (Å²) in [5, 5.41) is 2.79. The molecule has 0 spiro atoms. The van der Waals surface area contributed by atoms with Crippen molar-refractivity contribution in [1.29, 1.82) is 0 Å². The Morgan fingerprint density at radius 3 is 2.30 bits per heavy atom.